The number of halogens is 2. The maximum absolute atomic E-state index is 13.3. The molecule has 0 spiro atoms. The molecule has 0 atom stereocenters. The molecule has 3 aromatic heterocycles. The number of hydrogen-bond donors (Lipinski definition) is 1. The summed E-state index contributed by atoms with van der Waals surface area (Å²) in [6.07, 6.45) is 3.52. The highest BCUT2D eigenvalue weighted by Crippen LogP contribution is 2.30. The van der Waals surface area contributed by atoms with Crippen LogP contribution >= 0.6 is 27.5 Å². The summed E-state index contributed by atoms with van der Waals surface area (Å²) in [5, 5.41) is 17.7. The Hall–Kier alpha value is -3.76. The van der Waals surface area contributed by atoms with Crippen LogP contribution in [0.15, 0.2) is 71.3 Å². The molecule has 0 saturated carbocycles. The number of rotatable bonds is 6. The Morgan fingerprint density at radius 3 is 2.59 bits per heavy atom. The maximum atomic E-state index is 13.3. The van der Waals surface area contributed by atoms with Gasteiger partial charge in [-0.15, -0.1) is 5.10 Å². The Balaban J connectivity index is 1.13. The van der Waals surface area contributed by atoms with Crippen molar-refractivity contribution >= 4 is 44.9 Å². The molecule has 0 unspecified atom stereocenters. The molecular formula is C28H26BrClN8O. The van der Waals surface area contributed by atoms with Crippen molar-refractivity contribution in [1.82, 2.24) is 34.5 Å². The molecule has 6 rings (SSSR count). The van der Waals surface area contributed by atoms with Crippen LogP contribution < -0.4 is 5.32 Å². The van der Waals surface area contributed by atoms with Gasteiger partial charge in [-0.2, -0.15) is 19.5 Å². The van der Waals surface area contributed by atoms with E-state index in [1.54, 1.807) is 10.7 Å². The number of aryl methyl sites for hydroxylation is 1. The number of nitrogens with zero attached hydrogens (tertiary/aromatic N) is 7. The van der Waals surface area contributed by atoms with Crippen molar-refractivity contribution < 1.29 is 4.79 Å². The van der Waals surface area contributed by atoms with Crippen LogP contribution in [0.4, 0.5) is 5.82 Å². The Morgan fingerprint density at radius 1 is 1.08 bits per heavy atom. The standard InChI is InChI=1S/C28H26BrClN8O/c1-18-26(35-38(34-18)20-7-3-2-4-8-20)28(39)36-13-11-19(12-14-36)16-31-25-15-24(21-9-5-6-10-23(21)30)33-27-22(29)17-32-37(25)27/h2-10,15,17,19,31H,11-14,16H2,1H3. The second-order valence-electron chi connectivity index (χ2n) is 9.61. The van der Waals surface area contributed by atoms with Crippen LogP contribution in [-0.4, -0.2) is 60.0 Å². The summed E-state index contributed by atoms with van der Waals surface area (Å²) < 4.78 is 2.60. The third-order valence-electron chi connectivity index (χ3n) is 7.02. The fourth-order valence-electron chi connectivity index (χ4n) is 4.86. The highest BCUT2D eigenvalue weighted by Gasteiger charge is 2.27. The molecule has 39 heavy (non-hydrogen) atoms. The van der Waals surface area contributed by atoms with E-state index in [1.807, 2.05) is 72.5 Å². The minimum atomic E-state index is -0.0669. The number of anilines is 1. The first-order valence-corrected chi connectivity index (χ1v) is 14.0. The van der Waals surface area contributed by atoms with E-state index >= 15 is 0 Å². The van der Waals surface area contributed by atoms with E-state index in [9.17, 15) is 4.79 Å². The molecule has 1 aliphatic rings. The van der Waals surface area contributed by atoms with Crippen molar-refractivity contribution in [2.24, 2.45) is 5.92 Å². The molecule has 1 fully saturated rings. The monoisotopic (exact) mass is 604 g/mol. The van der Waals surface area contributed by atoms with Crippen molar-refractivity contribution in [1.29, 1.82) is 0 Å². The highest BCUT2D eigenvalue weighted by molar-refractivity contribution is 9.10. The number of carbonyl (C=O) groups excluding carboxylic acids is 1. The molecule has 0 radical (unpaired) electrons. The second-order valence-corrected chi connectivity index (χ2v) is 10.9. The molecule has 2 aromatic carbocycles. The predicted molar refractivity (Wildman–Crippen MR) is 154 cm³/mol. The molecule has 4 heterocycles. The minimum absolute atomic E-state index is 0.0669. The lowest BCUT2D eigenvalue weighted by molar-refractivity contribution is 0.0687. The molecule has 1 aliphatic heterocycles. The zero-order valence-electron chi connectivity index (χ0n) is 21.3. The fraction of sp³-hybridized carbons (Fsp3) is 0.250. The largest absolute Gasteiger partial charge is 0.370 e. The average molecular weight is 606 g/mol. The van der Waals surface area contributed by atoms with Crippen LogP contribution in [-0.2, 0) is 0 Å². The Kier molecular flexibility index (Phi) is 7.05. The molecule has 1 amide bonds. The topological polar surface area (TPSA) is 93.2 Å². The quantitative estimate of drug-likeness (QED) is 0.268. The van der Waals surface area contributed by atoms with Gasteiger partial charge < -0.3 is 10.2 Å². The third kappa shape index (κ3) is 5.14. The SMILES string of the molecule is Cc1nn(-c2ccccc2)nc1C(=O)N1CCC(CNc2cc(-c3ccccc3Cl)nc3c(Br)cnn23)CC1. The average Bonchev–Trinajstić information content (AvgIpc) is 3.55. The Bertz CT molecular complexity index is 1640. The van der Waals surface area contributed by atoms with E-state index in [4.69, 9.17) is 16.6 Å². The molecule has 198 valence electrons. The minimum Gasteiger partial charge on any atom is -0.370 e. The summed E-state index contributed by atoms with van der Waals surface area (Å²) in [7, 11) is 0. The maximum Gasteiger partial charge on any atom is 0.276 e. The molecule has 5 aromatic rings. The van der Waals surface area contributed by atoms with Gasteiger partial charge in [0, 0.05) is 36.3 Å². The predicted octanol–water partition coefficient (Wildman–Crippen LogP) is 5.67. The number of amides is 1. The molecular weight excluding hydrogens is 580 g/mol. The first-order valence-electron chi connectivity index (χ1n) is 12.8. The van der Waals surface area contributed by atoms with Gasteiger partial charge >= 0.3 is 0 Å². The van der Waals surface area contributed by atoms with Gasteiger partial charge in [0.05, 0.1) is 27.7 Å². The summed E-state index contributed by atoms with van der Waals surface area (Å²) in [5.41, 5.74) is 4.23. The third-order valence-corrected chi connectivity index (χ3v) is 7.91. The van der Waals surface area contributed by atoms with E-state index in [0.717, 1.165) is 46.6 Å². The van der Waals surface area contributed by atoms with Crippen molar-refractivity contribution in [3.05, 3.63) is 87.7 Å². The number of aromatic nitrogens is 6. The van der Waals surface area contributed by atoms with Gasteiger partial charge in [-0.05, 0) is 59.8 Å². The fourth-order valence-corrected chi connectivity index (χ4v) is 5.44. The lowest BCUT2D eigenvalue weighted by Crippen LogP contribution is -2.40. The number of nitrogens with one attached hydrogen (secondary N) is 1. The zero-order chi connectivity index (χ0) is 26.9. The number of likely N-dealkylation sites (tertiary alicyclic amines) is 1. The smallest absolute Gasteiger partial charge is 0.276 e. The van der Waals surface area contributed by atoms with Gasteiger partial charge in [0.15, 0.2) is 11.3 Å². The first kappa shape index (κ1) is 25.5. The number of fused-ring (bicyclic) bond motifs is 1. The Labute approximate surface area is 238 Å². The molecule has 0 bridgehead atoms. The summed E-state index contributed by atoms with van der Waals surface area (Å²) in [6.45, 7) is 3.93. The van der Waals surface area contributed by atoms with Crippen LogP contribution in [0.3, 0.4) is 0 Å². The molecule has 1 saturated heterocycles. The van der Waals surface area contributed by atoms with Crippen molar-refractivity contribution in [2.45, 2.75) is 19.8 Å². The van der Waals surface area contributed by atoms with Crippen LogP contribution in [0.25, 0.3) is 22.6 Å². The highest BCUT2D eigenvalue weighted by atomic mass is 79.9. The van der Waals surface area contributed by atoms with Crippen LogP contribution in [0.5, 0.6) is 0 Å². The van der Waals surface area contributed by atoms with Crippen molar-refractivity contribution in [3.63, 3.8) is 0 Å². The summed E-state index contributed by atoms with van der Waals surface area (Å²) in [5.74, 6) is 1.18. The second kappa shape index (κ2) is 10.8. The van der Waals surface area contributed by atoms with Crippen LogP contribution in [0.1, 0.15) is 29.0 Å². The number of benzene rings is 2. The lowest BCUT2D eigenvalue weighted by Gasteiger charge is -2.31. The molecule has 9 nitrogen and oxygen atoms in total. The van der Waals surface area contributed by atoms with Gasteiger partial charge in [-0.1, -0.05) is 48.0 Å². The molecule has 0 aliphatic carbocycles. The van der Waals surface area contributed by atoms with Gasteiger partial charge in [0.1, 0.15) is 5.82 Å². The van der Waals surface area contributed by atoms with Gasteiger partial charge in [0.2, 0.25) is 0 Å². The normalized spacial score (nSPS) is 14.2. The van der Waals surface area contributed by atoms with Crippen molar-refractivity contribution in [2.75, 3.05) is 25.0 Å². The molecule has 1 N–H and O–H groups in total. The van der Waals surface area contributed by atoms with Crippen LogP contribution in [0, 0.1) is 12.8 Å². The first-order chi connectivity index (χ1) is 19.0. The summed E-state index contributed by atoms with van der Waals surface area (Å²) >= 11 is 10.0. The van der Waals surface area contributed by atoms with E-state index in [1.165, 1.54) is 4.80 Å². The van der Waals surface area contributed by atoms with Gasteiger partial charge in [-0.25, -0.2) is 4.98 Å². The summed E-state index contributed by atoms with van der Waals surface area (Å²) in [4.78, 5) is 21.4. The molecule has 11 heteroatoms. The van der Waals surface area contributed by atoms with Crippen molar-refractivity contribution in [3.8, 4) is 16.9 Å². The van der Waals surface area contributed by atoms with E-state index in [2.05, 4.69) is 36.5 Å². The number of piperidine rings is 1. The van der Waals surface area contributed by atoms with Crippen LogP contribution in [0.2, 0.25) is 5.02 Å². The summed E-state index contributed by atoms with van der Waals surface area (Å²) in [6, 6.07) is 19.3. The van der Waals surface area contributed by atoms with E-state index in [0.29, 0.717) is 41.1 Å². The lowest BCUT2D eigenvalue weighted by atomic mass is 9.96. The van der Waals surface area contributed by atoms with E-state index < -0.39 is 0 Å². The van der Waals surface area contributed by atoms with Gasteiger partial charge in [-0.3, -0.25) is 4.79 Å². The van der Waals surface area contributed by atoms with Gasteiger partial charge in [0.25, 0.3) is 5.91 Å². The number of carbonyl (C=O) groups is 1. The van der Waals surface area contributed by atoms with E-state index in [-0.39, 0.29) is 5.91 Å². The zero-order valence-corrected chi connectivity index (χ0v) is 23.6. The Morgan fingerprint density at radius 2 is 1.82 bits per heavy atom. The number of para-hydroxylation sites is 1. The number of hydrogen-bond acceptors (Lipinski definition) is 6.